The molecule has 2 aromatic rings. The number of carbonyl (C=O) groups is 1. The van der Waals surface area contributed by atoms with Gasteiger partial charge in [-0.25, -0.2) is 9.78 Å². The Bertz CT molecular complexity index is 983. The molecular formula is C23H27N3O3. The van der Waals surface area contributed by atoms with E-state index < -0.39 is 0 Å². The number of likely N-dealkylation sites (tertiary alicyclic amines) is 1. The average Bonchev–Trinajstić information content (AvgIpc) is 3.54. The zero-order chi connectivity index (χ0) is 20.0. The van der Waals surface area contributed by atoms with Gasteiger partial charge in [-0.1, -0.05) is 12.1 Å². The van der Waals surface area contributed by atoms with E-state index in [1.165, 1.54) is 12.7 Å². The summed E-state index contributed by atoms with van der Waals surface area (Å²) in [7, 11) is 1.40. The number of H-pyrrole nitrogens is 1. The van der Waals surface area contributed by atoms with Gasteiger partial charge in [0.25, 0.3) is 5.56 Å². The highest BCUT2D eigenvalue weighted by molar-refractivity contribution is 5.89. The number of hydrogen-bond acceptors (Lipinski definition) is 5. The first-order valence-corrected chi connectivity index (χ1v) is 10.6. The number of nitrogens with one attached hydrogen (secondary N) is 1. The summed E-state index contributed by atoms with van der Waals surface area (Å²) in [6.45, 7) is 2.89. The first-order valence-electron chi connectivity index (χ1n) is 10.6. The van der Waals surface area contributed by atoms with Crippen molar-refractivity contribution in [3.8, 4) is 0 Å². The van der Waals surface area contributed by atoms with E-state index in [9.17, 15) is 9.59 Å². The number of hydrogen-bond donors (Lipinski definition) is 1. The monoisotopic (exact) mass is 393 g/mol. The number of piperidine rings is 1. The van der Waals surface area contributed by atoms with Gasteiger partial charge in [0.05, 0.1) is 18.4 Å². The number of esters is 1. The number of carbonyl (C=O) groups excluding carboxylic acids is 1. The van der Waals surface area contributed by atoms with Crippen LogP contribution < -0.4 is 5.56 Å². The molecule has 1 spiro atoms. The minimum atomic E-state index is -0.301. The van der Waals surface area contributed by atoms with Crippen molar-refractivity contribution in [1.82, 2.24) is 14.9 Å². The summed E-state index contributed by atoms with van der Waals surface area (Å²) < 4.78 is 4.76. The normalized spacial score (nSPS) is 20.6. The molecule has 0 bridgehead atoms. The van der Waals surface area contributed by atoms with Gasteiger partial charge in [0, 0.05) is 23.4 Å². The van der Waals surface area contributed by atoms with Crippen LogP contribution in [0.1, 0.15) is 71.0 Å². The van der Waals surface area contributed by atoms with Gasteiger partial charge in [-0.3, -0.25) is 9.69 Å². The third-order valence-electron chi connectivity index (χ3n) is 6.95. The van der Waals surface area contributed by atoms with Gasteiger partial charge in [-0.05, 0) is 69.3 Å². The molecule has 2 aliphatic carbocycles. The van der Waals surface area contributed by atoms with E-state index in [0.29, 0.717) is 11.5 Å². The molecule has 5 rings (SSSR count). The molecule has 2 fully saturated rings. The minimum absolute atomic E-state index is 0.0818. The molecule has 3 aliphatic rings. The molecule has 1 N–H and O–H groups in total. The van der Waals surface area contributed by atoms with Gasteiger partial charge >= 0.3 is 5.97 Å². The number of ether oxygens (including phenoxy) is 1. The molecule has 1 saturated carbocycles. The van der Waals surface area contributed by atoms with E-state index in [1.54, 1.807) is 0 Å². The predicted octanol–water partition coefficient (Wildman–Crippen LogP) is 2.91. The van der Waals surface area contributed by atoms with Crippen LogP contribution >= 0.6 is 0 Å². The quantitative estimate of drug-likeness (QED) is 0.809. The molecular weight excluding hydrogens is 366 g/mol. The molecule has 1 aromatic carbocycles. The summed E-state index contributed by atoms with van der Waals surface area (Å²) in [4.78, 5) is 34.6. The number of aromatic nitrogens is 2. The molecule has 6 nitrogen and oxygen atoms in total. The standard InChI is InChI=1S/C23H27N3O3/c1-29-22(28)17-4-2-15(3-5-17)14-26-12-10-23(11-13-26)9-8-18-19(23)24-20(16-6-7-16)25-21(18)27/h2-5,16H,6-14H2,1H3,(H,24,25,27). The summed E-state index contributed by atoms with van der Waals surface area (Å²) in [5.74, 6) is 1.09. The first-order chi connectivity index (χ1) is 14.1. The van der Waals surface area contributed by atoms with Crippen molar-refractivity contribution in [2.75, 3.05) is 20.2 Å². The fraction of sp³-hybridized carbons (Fsp3) is 0.522. The summed E-state index contributed by atoms with van der Waals surface area (Å²) in [6.07, 6.45) is 6.32. The summed E-state index contributed by atoms with van der Waals surface area (Å²) in [6, 6.07) is 7.67. The van der Waals surface area contributed by atoms with Crippen molar-refractivity contribution < 1.29 is 9.53 Å². The van der Waals surface area contributed by atoms with Crippen LogP contribution in [0.5, 0.6) is 0 Å². The van der Waals surface area contributed by atoms with Crippen LogP contribution in [-0.4, -0.2) is 41.0 Å². The minimum Gasteiger partial charge on any atom is -0.465 e. The molecule has 0 atom stereocenters. The van der Waals surface area contributed by atoms with Crippen molar-refractivity contribution in [1.29, 1.82) is 0 Å². The van der Waals surface area contributed by atoms with Gasteiger partial charge in [0.15, 0.2) is 0 Å². The summed E-state index contributed by atoms with van der Waals surface area (Å²) in [5, 5.41) is 0. The largest absolute Gasteiger partial charge is 0.465 e. The van der Waals surface area contributed by atoms with Gasteiger partial charge in [0.2, 0.25) is 0 Å². The van der Waals surface area contributed by atoms with Gasteiger partial charge in [-0.15, -0.1) is 0 Å². The van der Waals surface area contributed by atoms with Crippen molar-refractivity contribution in [3.05, 3.63) is 62.8 Å². The Morgan fingerprint density at radius 2 is 1.93 bits per heavy atom. The molecule has 0 amide bonds. The Morgan fingerprint density at radius 3 is 2.59 bits per heavy atom. The van der Waals surface area contributed by atoms with Crippen molar-refractivity contribution in [2.24, 2.45) is 0 Å². The van der Waals surface area contributed by atoms with Crippen LogP contribution in [-0.2, 0) is 23.1 Å². The second-order valence-electron chi connectivity index (χ2n) is 8.80. The molecule has 1 saturated heterocycles. The van der Waals surface area contributed by atoms with E-state index in [2.05, 4.69) is 9.88 Å². The lowest BCUT2D eigenvalue weighted by molar-refractivity contribution is 0.0600. The van der Waals surface area contributed by atoms with Crippen molar-refractivity contribution in [3.63, 3.8) is 0 Å². The summed E-state index contributed by atoms with van der Waals surface area (Å²) >= 11 is 0. The third-order valence-corrected chi connectivity index (χ3v) is 6.95. The van der Waals surface area contributed by atoms with Crippen LogP contribution in [0.15, 0.2) is 29.1 Å². The van der Waals surface area contributed by atoms with Gasteiger partial charge in [0.1, 0.15) is 5.82 Å². The Labute approximate surface area is 170 Å². The number of methoxy groups -OCH3 is 1. The zero-order valence-electron chi connectivity index (χ0n) is 16.9. The highest BCUT2D eigenvalue weighted by atomic mass is 16.5. The number of rotatable bonds is 4. The van der Waals surface area contributed by atoms with Crippen LogP contribution in [0, 0.1) is 0 Å². The second kappa shape index (κ2) is 7.10. The SMILES string of the molecule is COC(=O)c1ccc(CN2CCC3(CCc4c3nc(C3CC3)[nH]c4=O)CC2)cc1. The molecule has 152 valence electrons. The average molecular weight is 393 g/mol. The van der Waals surface area contributed by atoms with Gasteiger partial charge in [-0.2, -0.15) is 0 Å². The molecule has 0 radical (unpaired) electrons. The highest BCUT2D eigenvalue weighted by Gasteiger charge is 2.44. The number of benzene rings is 1. The molecule has 6 heteroatoms. The van der Waals surface area contributed by atoms with E-state index in [-0.39, 0.29) is 16.9 Å². The molecule has 0 unspecified atom stereocenters. The van der Waals surface area contributed by atoms with E-state index >= 15 is 0 Å². The van der Waals surface area contributed by atoms with E-state index in [0.717, 1.165) is 75.2 Å². The molecule has 1 aromatic heterocycles. The Morgan fingerprint density at radius 1 is 1.21 bits per heavy atom. The fourth-order valence-corrected chi connectivity index (χ4v) is 4.97. The Hall–Kier alpha value is -2.47. The number of aromatic amines is 1. The maximum Gasteiger partial charge on any atom is 0.337 e. The smallest absolute Gasteiger partial charge is 0.337 e. The fourth-order valence-electron chi connectivity index (χ4n) is 4.97. The maximum atomic E-state index is 12.6. The second-order valence-corrected chi connectivity index (χ2v) is 8.80. The van der Waals surface area contributed by atoms with E-state index in [1.807, 2.05) is 24.3 Å². The lowest BCUT2D eigenvalue weighted by Gasteiger charge is -2.39. The zero-order valence-corrected chi connectivity index (χ0v) is 16.9. The third kappa shape index (κ3) is 3.39. The Balaban J connectivity index is 1.28. The maximum absolute atomic E-state index is 12.6. The van der Waals surface area contributed by atoms with Crippen LogP contribution in [0.3, 0.4) is 0 Å². The first kappa shape index (κ1) is 18.6. The van der Waals surface area contributed by atoms with Crippen LogP contribution in [0.2, 0.25) is 0 Å². The topological polar surface area (TPSA) is 75.3 Å². The van der Waals surface area contributed by atoms with Gasteiger partial charge < -0.3 is 9.72 Å². The van der Waals surface area contributed by atoms with Crippen molar-refractivity contribution >= 4 is 5.97 Å². The molecule has 1 aliphatic heterocycles. The van der Waals surface area contributed by atoms with Crippen LogP contribution in [0.4, 0.5) is 0 Å². The number of nitrogens with zero attached hydrogens (tertiary/aromatic N) is 2. The molecule has 2 heterocycles. The van der Waals surface area contributed by atoms with Crippen molar-refractivity contribution in [2.45, 2.75) is 56.4 Å². The lowest BCUT2D eigenvalue weighted by Crippen LogP contribution is -2.42. The number of fused-ring (bicyclic) bond motifs is 2. The Kier molecular flexibility index (Phi) is 4.54. The highest BCUT2D eigenvalue weighted by Crippen LogP contribution is 2.46. The summed E-state index contributed by atoms with van der Waals surface area (Å²) in [5.41, 5.74) is 4.00. The lowest BCUT2D eigenvalue weighted by atomic mass is 9.76. The predicted molar refractivity (Wildman–Crippen MR) is 109 cm³/mol. The molecule has 29 heavy (non-hydrogen) atoms. The van der Waals surface area contributed by atoms with E-state index in [4.69, 9.17) is 9.72 Å². The van der Waals surface area contributed by atoms with Crippen LogP contribution in [0.25, 0.3) is 0 Å².